The highest BCUT2D eigenvalue weighted by molar-refractivity contribution is 5.54. The Hall–Kier alpha value is -3.31. The lowest BCUT2D eigenvalue weighted by atomic mass is 9.88. The van der Waals surface area contributed by atoms with Crippen LogP contribution in [0.4, 0.5) is 10.1 Å². The smallest absolute Gasteiger partial charge is 0.266 e. The van der Waals surface area contributed by atoms with Crippen LogP contribution in [-0.4, -0.2) is 32.9 Å². The molecule has 1 aromatic carbocycles. The van der Waals surface area contributed by atoms with Crippen LogP contribution in [0.3, 0.4) is 0 Å². The summed E-state index contributed by atoms with van der Waals surface area (Å²) in [5.74, 6) is 0.211. The molecule has 0 bridgehead atoms. The highest BCUT2D eigenvalue weighted by atomic mass is 19.1. The molecular formula is C20H18FN5O2. The first-order chi connectivity index (χ1) is 13.4. The second-order valence-corrected chi connectivity index (χ2v) is 6.88. The number of hydrogen-bond donors (Lipinski definition) is 1. The molecule has 2 atom stereocenters. The largest absolute Gasteiger partial charge is 0.420 e. The third kappa shape index (κ3) is 2.90. The normalized spacial score (nSPS) is 21.7. The minimum atomic E-state index is -1.14. The van der Waals surface area contributed by atoms with Crippen molar-refractivity contribution < 1.29 is 13.9 Å². The van der Waals surface area contributed by atoms with E-state index in [-0.39, 0.29) is 11.6 Å². The average molecular weight is 379 g/mol. The number of anilines is 1. The summed E-state index contributed by atoms with van der Waals surface area (Å²) in [5, 5.41) is 27.9. The van der Waals surface area contributed by atoms with Gasteiger partial charge < -0.3 is 14.4 Å². The number of nitrogens with zero attached hydrogens (tertiary/aromatic N) is 5. The van der Waals surface area contributed by atoms with Crippen LogP contribution in [0.1, 0.15) is 30.4 Å². The van der Waals surface area contributed by atoms with Crippen molar-refractivity contribution >= 4 is 5.69 Å². The molecule has 1 saturated heterocycles. The van der Waals surface area contributed by atoms with Crippen molar-refractivity contribution in [1.29, 1.82) is 5.26 Å². The van der Waals surface area contributed by atoms with Gasteiger partial charge in [0.15, 0.2) is 0 Å². The molecule has 7 nitrogen and oxygen atoms in total. The predicted molar refractivity (Wildman–Crippen MR) is 98.7 cm³/mol. The molecule has 1 fully saturated rings. The second kappa shape index (κ2) is 6.69. The summed E-state index contributed by atoms with van der Waals surface area (Å²) in [6.07, 6.45) is 2.07. The fourth-order valence-electron chi connectivity index (χ4n) is 3.64. The zero-order chi connectivity index (χ0) is 19.9. The fourth-order valence-corrected chi connectivity index (χ4v) is 3.64. The van der Waals surface area contributed by atoms with Crippen molar-refractivity contribution in [2.45, 2.75) is 31.9 Å². The van der Waals surface area contributed by atoms with E-state index in [2.05, 4.69) is 15.2 Å². The van der Waals surface area contributed by atoms with Crippen molar-refractivity contribution in [1.82, 2.24) is 15.2 Å². The van der Waals surface area contributed by atoms with Gasteiger partial charge >= 0.3 is 0 Å². The Labute approximate surface area is 161 Å². The summed E-state index contributed by atoms with van der Waals surface area (Å²) < 4.78 is 19.4. The van der Waals surface area contributed by atoms with E-state index in [1.54, 1.807) is 31.3 Å². The minimum absolute atomic E-state index is 0.00177. The van der Waals surface area contributed by atoms with Crippen molar-refractivity contribution in [2.24, 2.45) is 0 Å². The molecule has 142 valence electrons. The highest BCUT2D eigenvalue weighted by Crippen LogP contribution is 2.40. The van der Waals surface area contributed by atoms with Crippen molar-refractivity contribution in [3.63, 3.8) is 0 Å². The highest BCUT2D eigenvalue weighted by Gasteiger charge is 2.45. The molecule has 4 rings (SSSR count). The summed E-state index contributed by atoms with van der Waals surface area (Å²) in [4.78, 5) is 6.28. The number of benzene rings is 1. The number of hydrogen-bond acceptors (Lipinski definition) is 7. The maximum absolute atomic E-state index is 14.0. The third-order valence-corrected chi connectivity index (χ3v) is 5.31. The molecule has 8 heteroatoms. The molecule has 0 aliphatic carbocycles. The van der Waals surface area contributed by atoms with Gasteiger partial charge in [-0.05, 0) is 37.6 Å². The molecule has 0 radical (unpaired) electrons. The van der Waals surface area contributed by atoms with Crippen LogP contribution in [0.5, 0.6) is 0 Å². The molecule has 1 N–H and O–H groups in total. The van der Waals surface area contributed by atoms with Crippen molar-refractivity contribution in [3.05, 3.63) is 59.4 Å². The van der Waals surface area contributed by atoms with Gasteiger partial charge in [0.1, 0.15) is 23.2 Å². The molecule has 3 heterocycles. The van der Waals surface area contributed by atoms with Crippen molar-refractivity contribution in [3.8, 4) is 17.7 Å². The number of nitriles is 1. The topological polar surface area (TPSA) is 99.1 Å². The summed E-state index contributed by atoms with van der Waals surface area (Å²) in [6, 6.07) is 9.52. The molecule has 0 saturated carbocycles. The first kappa shape index (κ1) is 18.1. The molecule has 0 amide bonds. The van der Waals surface area contributed by atoms with Gasteiger partial charge in [0.25, 0.3) is 5.89 Å². The lowest BCUT2D eigenvalue weighted by Gasteiger charge is -2.32. The van der Waals surface area contributed by atoms with E-state index >= 15 is 0 Å². The Morgan fingerprint density at radius 1 is 1.32 bits per heavy atom. The number of aliphatic hydroxyl groups is 1. The van der Waals surface area contributed by atoms with E-state index in [1.165, 1.54) is 12.1 Å². The fraction of sp³-hybridized carbons (Fsp3) is 0.300. The van der Waals surface area contributed by atoms with Crippen LogP contribution in [-0.2, 0) is 5.60 Å². The number of aromatic nitrogens is 3. The van der Waals surface area contributed by atoms with Crippen LogP contribution < -0.4 is 4.90 Å². The molecule has 28 heavy (non-hydrogen) atoms. The van der Waals surface area contributed by atoms with Gasteiger partial charge in [0.2, 0.25) is 5.89 Å². The SMILES string of the molecule is Cc1nnc(-c2ccc([C@]3(O)CCN(c4ccc(C#N)c(F)c4)[C@H]3C)cn2)o1. The number of rotatable bonds is 3. The molecule has 2 aromatic heterocycles. The van der Waals surface area contributed by atoms with E-state index in [0.717, 1.165) is 0 Å². The maximum atomic E-state index is 14.0. The Morgan fingerprint density at radius 2 is 2.14 bits per heavy atom. The Kier molecular flexibility index (Phi) is 4.32. The maximum Gasteiger partial charge on any atom is 0.266 e. The second-order valence-electron chi connectivity index (χ2n) is 6.88. The minimum Gasteiger partial charge on any atom is -0.420 e. The molecule has 0 unspecified atom stereocenters. The first-order valence-corrected chi connectivity index (χ1v) is 8.88. The van der Waals surface area contributed by atoms with Gasteiger partial charge in [-0.3, -0.25) is 4.98 Å². The monoisotopic (exact) mass is 379 g/mol. The molecule has 1 aliphatic heterocycles. The predicted octanol–water partition coefficient (Wildman–Crippen LogP) is 2.94. The van der Waals surface area contributed by atoms with Crippen LogP contribution in [0.15, 0.2) is 40.9 Å². The number of pyridine rings is 1. The van der Waals surface area contributed by atoms with Gasteiger partial charge in [-0.25, -0.2) is 4.39 Å². The number of aryl methyl sites for hydroxylation is 1. The zero-order valence-corrected chi connectivity index (χ0v) is 15.4. The summed E-state index contributed by atoms with van der Waals surface area (Å²) in [5.41, 5.74) is 0.690. The molecule has 1 aliphatic rings. The summed E-state index contributed by atoms with van der Waals surface area (Å²) in [6.45, 7) is 4.14. The zero-order valence-electron chi connectivity index (χ0n) is 15.4. The van der Waals surface area contributed by atoms with Crippen LogP contribution in [0.25, 0.3) is 11.6 Å². The Morgan fingerprint density at radius 3 is 2.75 bits per heavy atom. The van der Waals surface area contributed by atoms with Crippen LogP contribution in [0, 0.1) is 24.1 Å². The van der Waals surface area contributed by atoms with Gasteiger partial charge in [0, 0.05) is 30.9 Å². The first-order valence-electron chi connectivity index (χ1n) is 8.88. The van der Waals surface area contributed by atoms with E-state index in [4.69, 9.17) is 9.68 Å². The van der Waals surface area contributed by atoms with E-state index in [9.17, 15) is 9.50 Å². The molecular weight excluding hydrogens is 361 g/mol. The van der Waals surface area contributed by atoms with E-state index in [0.29, 0.717) is 41.7 Å². The third-order valence-electron chi connectivity index (χ3n) is 5.31. The van der Waals surface area contributed by atoms with Crippen LogP contribution in [0.2, 0.25) is 0 Å². The van der Waals surface area contributed by atoms with Gasteiger partial charge in [-0.15, -0.1) is 10.2 Å². The van der Waals surface area contributed by atoms with Gasteiger partial charge in [-0.1, -0.05) is 6.07 Å². The lowest BCUT2D eigenvalue weighted by Crippen LogP contribution is -2.40. The number of halogens is 1. The molecule has 0 spiro atoms. The quantitative estimate of drug-likeness (QED) is 0.747. The Balaban J connectivity index is 1.60. The Bertz CT molecular complexity index is 1060. The van der Waals surface area contributed by atoms with E-state index in [1.807, 2.05) is 17.9 Å². The standard InChI is InChI=1S/C20H18FN5O2/c1-12-20(27,7-8-26(12)16-5-3-14(10-22)17(21)9-16)15-4-6-18(23-11-15)19-25-24-13(2)28-19/h3-6,9,11-12,27H,7-8H2,1-2H3/t12-,20-/m0/s1. The van der Waals surface area contributed by atoms with Gasteiger partial charge in [0.05, 0.1) is 11.6 Å². The van der Waals surface area contributed by atoms with Crippen molar-refractivity contribution in [2.75, 3.05) is 11.4 Å². The summed E-state index contributed by atoms with van der Waals surface area (Å²) in [7, 11) is 0. The van der Waals surface area contributed by atoms with E-state index < -0.39 is 11.4 Å². The lowest BCUT2D eigenvalue weighted by molar-refractivity contribution is 0.0327. The molecule has 3 aromatic rings. The summed E-state index contributed by atoms with van der Waals surface area (Å²) >= 11 is 0. The average Bonchev–Trinajstić information content (AvgIpc) is 3.26. The van der Waals surface area contributed by atoms with Gasteiger partial charge in [-0.2, -0.15) is 5.26 Å². The van der Waals surface area contributed by atoms with Crippen LogP contribution >= 0.6 is 0 Å².